The molecule has 0 amide bonds. The summed E-state index contributed by atoms with van der Waals surface area (Å²) in [4.78, 5) is 14.4. The van der Waals surface area contributed by atoms with E-state index in [-0.39, 0.29) is 23.8 Å². The van der Waals surface area contributed by atoms with Crippen LogP contribution in [0.15, 0.2) is 51.9 Å². The number of anilines is 2. The van der Waals surface area contributed by atoms with Crippen molar-refractivity contribution in [3.05, 3.63) is 70.0 Å². The Morgan fingerprint density at radius 3 is 2.67 bits per heavy atom. The molecule has 0 saturated carbocycles. The molecule has 0 aliphatic rings. The molecule has 124 valence electrons. The number of hydrogen-bond donors (Lipinski definition) is 2. The van der Waals surface area contributed by atoms with Crippen LogP contribution >= 0.6 is 0 Å². The predicted octanol–water partition coefficient (Wildman–Crippen LogP) is 3.11. The van der Waals surface area contributed by atoms with Gasteiger partial charge in [-0.15, -0.1) is 10.2 Å². The molecule has 0 aliphatic carbocycles. The smallest absolute Gasteiger partial charge is 0.416 e. The summed E-state index contributed by atoms with van der Waals surface area (Å²) in [6, 6.07) is 7.91. The average molecular weight is 336 g/mol. The van der Waals surface area contributed by atoms with Crippen LogP contribution in [-0.4, -0.2) is 15.2 Å². The van der Waals surface area contributed by atoms with Crippen molar-refractivity contribution >= 4 is 11.6 Å². The van der Waals surface area contributed by atoms with Crippen molar-refractivity contribution in [2.45, 2.75) is 12.6 Å². The zero-order chi connectivity index (χ0) is 17.2. The highest BCUT2D eigenvalue weighted by atomic mass is 19.4. The van der Waals surface area contributed by atoms with E-state index in [9.17, 15) is 18.0 Å². The van der Waals surface area contributed by atoms with Crippen molar-refractivity contribution in [2.24, 2.45) is 0 Å². The molecule has 0 fully saturated rings. The summed E-state index contributed by atoms with van der Waals surface area (Å²) in [6.45, 7) is 0. The van der Waals surface area contributed by atoms with Gasteiger partial charge in [-0.3, -0.25) is 9.78 Å². The van der Waals surface area contributed by atoms with E-state index >= 15 is 0 Å². The summed E-state index contributed by atoms with van der Waals surface area (Å²) in [7, 11) is 0. The third-order valence-electron chi connectivity index (χ3n) is 3.14. The van der Waals surface area contributed by atoms with Gasteiger partial charge in [0.1, 0.15) is 11.5 Å². The molecular weight excluding hydrogens is 325 g/mol. The molecule has 0 saturated heterocycles. The maximum atomic E-state index is 12.7. The summed E-state index contributed by atoms with van der Waals surface area (Å²) >= 11 is 0. The fraction of sp³-hybridized carbons (Fsp3) is 0.133. The molecule has 0 unspecified atom stereocenters. The van der Waals surface area contributed by atoms with Crippen LogP contribution < -0.4 is 10.9 Å². The summed E-state index contributed by atoms with van der Waals surface area (Å²) in [5.74, 6) is 0.496. The Balaban J connectivity index is 1.79. The minimum atomic E-state index is -4.45. The topological polar surface area (TPSA) is 83.8 Å². The number of furan rings is 1. The van der Waals surface area contributed by atoms with Gasteiger partial charge in [-0.05, 0) is 30.3 Å². The standard InChI is InChI=1S/C15H11F3N4O2/c16-15(17,18)9-3-1-4-10(7-9)19-14-20-13(23)12(21-22-14)8-11-5-2-6-24-11/h1-7H,8H2,(H2,19,20,22,23). The zero-order valence-corrected chi connectivity index (χ0v) is 12.1. The second-order valence-electron chi connectivity index (χ2n) is 4.91. The maximum absolute atomic E-state index is 12.7. The van der Waals surface area contributed by atoms with Gasteiger partial charge in [0.05, 0.1) is 18.2 Å². The molecule has 2 N–H and O–H groups in total. The number of aromatic nitrogens is 3. The predicted molar refractivity (Wildman–Crippen MR) is 78.9 cm³/mol. The first-order chi connectivity index (χ1) is 11.4. The summed E-state index contributed by atoms with van der Waals surface area (Å²) in [5.41, 5.74) is -1.04. The highest BCUT2D eigenvalue weighted by molar-refractivity contribution is 5.54. The van der Waals surface area contributed by atoms with Gasteiger partial charge in [0.2, 0.25) is 5.95 Å². The minimum Gasteiger partial charge on any atom is -0.469 e. The van der Waals surface area contributed by atoms with Crippen LogP contribution in [0.5, 0.6) is 0 Å². The molecular formula is C15H11F3N4O2. The Morgan fingerprint density at radius 1 is 1.17 bits per heavy atom. The Morgan fingerprint density at radius 2 is 2.00 bits per heavy atom. The number of aromatic amines is 1. The van der Waals surface area contributed by atoms with Crippen LogP contribution in [0.2, 0.25) is 0 Å². The van der Waals surface area contributed by atoms with E-state index < -0.39 is 17.3 Å². The van der Waals surface area contributed by atoms with Crippen molar-refractivity contribution in [2.75, 3.05) is 5.32 Å². The highest BCUT2D eigenvalue weighted by Crippen LogP contribution is 2.31. The van der Waals surface area contributed by atoms with Crippen molar-refractivity contribution in [1.29, 1.82) is 0 Å². The van der Waals surface area contributed by atoms with Crippen molar-refractivity contribution in [1.82, 2.24) is 15.2 Å². The number of benzene rings is 1. The third-order valence-corrected chi connectivity index (χ3v) is 3.14. The molecule has 0 aliphatic heterocycles. The normalized spacial score (nSPS) is 11.5. The lowest BCUT2D eigenvalue weighted by Gasteiger charge is -2.09. The Bertz CT molecular complexity index is 888. The van der Waals surface area contributed by atoms with Crippen molar-refractivity contribution < 1.29 is 17.6 Å². The van der Waals surface area contributed by atoms with Crippen LogP contribution in [-0.2, 0) is 12.6 Å². The van der Waals surface area contributed by atoms with Crippen LogP contribution in [0.3, 0.4) is 0 Å². The van der Waals surface area contributed by atoms with E-state index in [1.54, 1.807) is 12.1 Å². The molecule has 24 heavy (non-hydrogen) atoms. The van der Waals surface area contributed by atoms with E-state index in [4.69, 9.17) is 4.42 Å². The highest BCUT2D eigenvalue weighted by Gasteiger charge is 2.30. The minimum absolute atomic E-state index is 0.0532. The number of nitrogens with one attached hydrogen (secondary N) is 2. The molecule has 2 heterocycles. The molecule has 2 aromatic heterocycles. The molecule has 3 rings (SSSR count). The van der Waals surface area contributed by atoms with Gasteiger partial charge in [0, 0.05) is 5.69 Å². The molecule has 0 bridgehead atoms. The van der Waals surface area contributed by atoms with E-state index in [1.807, 2.05) is 0 Å². The fourth-order valence-corrected chi connectivity index (χ4v) is 2.02. The summed E-state index contributed by atoms with van der Waals surface area (Å²) in [5, 5.41) is 10.1. The fourth-order valence-electron chi connectivity index (χ4n) is 2.02. The number of halogens is 3. The largest absolute Gasteiger partial charge is 0.469 e. The first kappa shape index (κ1) is 15.8. The van der Waals surface area contributed by atoms with Crippen molar-refractivity contribution in [3.8, 4) is 0 Å². The van der Waals surface area contributed by atoms with E-state index in [0.29, 0.717) is 5.76 Å². The lowest BCUT2D eigenvalue weighted by atomic mass is 10.2. The number of rotatable bonds is 4. The first-order valence-electron chi connectivity index (χ1n) is 6.84. The van der Waals surface area contributed by atoms with E-state index in [2.05, 4.69) is 20.5 Å². The lowest BCUT2D eigenvalue weighted by molar-refractivity contribution is -0.137. The molecule has 0 spiro atoms. The van der Waals surface area contributed by atoms with Gasteiger partial charge < -0.3 is 9.73 Å². The second-order valence-corrected chi connectivity index (χ2v) is 4.91. The van der Waals surface area contributed by atoms with Crippen LogP contribution in [0.4, 0.5) is 24.8 Å². The van der Waals surface area contributed by atoms with Gasteiger partial charge in [0.25, 0.3) is 5.56 Å². The van der Waals surface area contributed by atoms with Gasteiger partial charge in [-0.1, -0.05) is 6.07 Å². The first-order valence-corrected chi connectivity index (χ1v) is 6.84. The Hall–Kier alpha value is -3.10. The second kappa shape index (κ2) is 6.19. The van der Waals surface area contributed by atoms with Crippen molar-refractivity contribution in [3.63, 3.8) is 0 Å². The quantitative estimate of drug-likeness (QED) is 0.765. The SMILES string of the molecule is O=c1[nH]c(Nc2cccc(C(F)(F)F)c2)nnc1Cc1ccco1. The third kappa shape index (κ3) is 3.62. The molecule has 6 nitrogen and oxygen atoms in total. The molecule has 0 atom stereocenters. The van der Waals surface area contributed by atoms with Gasteiger partial charge in [-0.25, -0.2) is 0 Å². The Kier molecular flexibility index (Phi) is 4.07. The molecule has 1 aromatic carbocycles. The monoisotopic (exact) mass is 336 g/mol. The van der Waals surface area contributed by atoms with Crippen LogP contribution in [0.1, 0.15) is 17.0 Å². The average Bonchev–Trinajstić information content (AvgIpc) is 3.02. The van der Waals surface area contributed by atoms with Crippen LogP contribution in [0, 0.1) is 0 Å². The Labute approximate surface area is 133 Å². The molecule has 9 heteroatoms. The van der Waals surface area contributed by atoms with Crippen LogP contribution in [0.25, 0.3) is 0 Å². The molecule has 3 aromatic rings. The lowest BCUT2D eigenvalue weighted by Crippen LogP contribution is -2.18. The number of hydrogen-bond acceptors (Lipinski definition) is 5. The summed E-state index contributed by atoms with van der Waals surface area (Å²) < 4.78 is 43.2. The van der Waals surface area contributed by atoms with E-state index in [1.165, 1.54) is 18.4 Å². The van der Waals surface area contributed by atoms with Gasteiger partial charge in [0.15, 0.2) is 0 Å². The van der Waals surface area contributed by atoms with Gasteiger partial charge in [-0.2, -0.15) is 13.2 Å². The molecule has 0 radical (unpaired) electrons. The zero-order valence-electron chi connectivity index (χ0n) is 12.1. The maximum Gasteiger partial charge on any atom is 0.416 e. The van der Waals surface area contributed by atoms with E-state index in [0.717, 1.165) is 12.1 Å². The number of H-pyrrole nitrogens is 1. The summed E-state index contributed by atoms with van der Waals surface area (Å²) in [6.07, 6.45) is -2.82. The van der Waals surface area contributed by atoms with Gasteiger partial charge >= 0.3 is 6.18 Å². The number of alkyl halides is 3. The number of nitrogens with zero attached hydrogens (tertiary/aromatic N) is 2.